The maximum Gasteiger partial charge on any atom is 0.00298 e. The normalized spacial score (nSPS) is 13.8. The first-order chi connectivity index (χ1) is 5.66. The standard InChI is InChI=1S/C12H27N/c1-8-12(5,6)10-13(7)9-11(2,3)4/h8-10H2,1-7H3. The zero-order valence-corrected chi connectivity index (χ0v) is 10.6. The van der Waals surface area contributed by atoms with Crippen LogP contribution in [0.1, 0.15) is 48.0 Å². The van der Waals surface area contributed by atoms with Gasteiger partial charge in [0, 0.05) is 13.1 Å². The van der Waals surface area contributed by atoms with Gasteiger partial charge in [0.1, 0.15) is 0 Å². The Labute approximate surface area is 84.5 Å². The molecule has 0 N–H and O–H groups in total. The van der Waals surface area contributed by atoms with Gasteiger partial charge in [-0.05, 0) is 24.3 Å². The lowest BCUT2D eigenvalue weighted by Gasteiger charge is -2.33. The smallest absolute Gasteiger partial charge is 0.00298 e. The van der Waals surface area contributed by atoms with E-state index in [1.54, 1.807) is 0 Å². The van der Waals surface area contributed by atoms with Crippen LogP contribution < -0.4 is 0 Å². The molecule has 0 aromatic rings. The Bertz CT molecular complexity index is 142. The lowest BCUT2D eigenvalue weighted by atomic mass is 9.88. The van der Waals surface area contributed by atoms with Crippen molar-refractivity contribution in [3.63, 3.8) is 0 Å². The van der Waals surface area contributed by atoms with E-state index in [4.69, 9.17) is 0 Å². The lowest BCUT2D eigenvalue weighted by molar-refractivity contribution is 0.158. The lowest BCUT2D eigenvalue weighted by Crippen LogP contribution is -2.36. The quantitative estimate of drug-likeness (QED) is 0.649. The van der Waals surface area contributed by atoms with Crippen LogP contribution in [0.15, 0.2) is 0 Å². The van der Waals surface area contributed by atoms with Crippen molar-refractivity contribution >= 4 is 0 Å². The van der Waals surface area contributed by atoms with Gasteiger partial charge in [0.25, 0.3) is 0 Å². The Morgan fingerprint density at radius 2 is 1.38 bits per heavy atom. The summed E-state index contributed by atoms with van der Waals surface area (Å²) in [5.74, 6) is 0. The fourth-order valence-electron chi connectivity index (χ4n) is 1.71. The van der Waals surface area contributed by atoms with Gasteiger partial charge in [0.15, 0.2) is 0 Å². The largest absolute Gasteiger partial charge is 0.305 e. The van der Waals surface area contributed by atoms with Crippen molar-refractivity contribution in [2.45, 2.75) is 48.0 Å². The van der Waals surface area contributed by atoms with Gasteiger partial charge in [-0.3, -0.25) is 0 Å². The second-order valence-corrected chi connectivity index (χ2v) is 6.25. The van der Waals surface area contributed by atoms with Crippen LogP contribution in [0.25, 0.3) is 0 Å². The molecule has 0 aliphatic carbocycles. The summed E-state index contributed by atoms with van der Waals surface area (Å²) < 4.78 is 0. The molecule has 0 saturated heterocycles. The van der Waals surface area contributed by atoms with Crippen molar-refractivity contribution in [2.75, 3.05) is 20.1 Å². The summed E-state index contributed by atoms with van der Waals surface area (Å²) in [5.41, 5.74) is 0.874. The van der Waals surface area contributed by atoms with Crippen molar-refractivity contribution in [1.82, 2.24) is 4.90 Å². The highest BCUT2D eigenvalue weighted by molar-refractivity contribution is 4.74. The Morgan fingerprint density at radius 1 is 0.923 bits per heavy atom. The van der Waals surface area contributed by atoms with Gasteiger partial charge in [-0.2, -0.15) is 0 Å². The van der Waals surface area contributed by atoms with Crippen molar-refractivity contribution in [1.29, 1.82) is 0 Å². The SMILES string of the molecule is CCC(C)(C)CN(C)CC(C)(C)C. The molecule has 0 radical (unpaired) electrons. The van der Waals surface area contributed by atoms with E-state index in [2.05, 4.69) is 53.5 Å². The third kappa shape index (κ3) is 7.06. The van der Waals surface area contributed by atoms with Gasteiger partial charge >= 0.3 is 0 Å². The van der Waals surface area contributed by atoms with E-state index in [0.29, 0.717) is 10.8 Å². The average molecular weight is 185 g/mol. The van der Waals surface area contributed by atoms with Gasteiger partial charge < -0.3 is 4.90 Å². The number of hydrogen-bond acceptors (Lipinski definition) is 1. The first kappa shape index (κ1) is 13.0. The molecule has 1 heteroatoms. The molecule has 13 heavy (non-hydrogen) atoms. The Balaban J connectivity index is 3.94. The van der Waals surface area contributed by atoms with Crippen molar-refractivity contribution < 1.29 is 0 Å². The molecule has 0 unspecified atom stereocenters. The fourth-order valence-corrected chi connectivity index (χ4v) is 1.71. The molecule has 0 aromatic carbocycles. The highest BCUT2D eigenvalue weighted by atomic mass is 15.1. The van der Waals surface area contributed by atoms with Gasteiger partial charge in [0.2, 0.25) is 0 Å². The van der Waals surface area contributed by atoms with E-state index in [1.807, 2.05) is 0 Å². The van der Waals surface area contributed by atoms with Crippen LogP contribution in [0.4, 0.5) is 0 Å². The molecular formula is C12H27N. The molecule has 0 saturated carbocycles. The minimum absolute atomic E-state index is 0.415. The maximum atomic E-state index is 2.45. The Hall–Kier alpha value is -0.0400. The second kappa shape index (κ2) is 4.45. The predicted octanol–water partition coefficient (Wildman–Crippen LogP) is 3.40. The van der Waals surface area contributed by atoms with E-state index in [0.717, 1.165) is 0 Å². The molecule has 0 aliphatic rings. The zero-order valence-electron chi connectivity index (χ0n) is 10.6. The summed E-state index contributed by atoms with van der Waals surface area (Å²) in [6.45, 7) is 16.2. The second-order valence-electron chi connectivity index (χ2n) is 6.25. The third-order valence-corrected chi connectivity index (χ3v) is 2.40. The van der Waals surface area contributed by atoms with Gasteiger partial charge in [-0.25, -0.2) is 0 Å². The van der Waals surface area contributed by atoms with Crippen molar-refractivity contribution in [2.24, 2.45) is 10.8 Å². The predicted molar refractivity (Wildman–Crippen MR) is 61.0 cm³/mol. The van der Waals surface area contributed by atoms with E-state index in [-0.39, 0.29) is 0 Å². The Morgan fingerprint density at radius 3 is 1.69 bits per heavy atom. The summed E-state index contributed by atoms with van der Waals surface area (Å²) in [6.07, 6.45) is 1.25. The first-order valence-corrected chi connectivity index (χ1v) is 5.35. The molecule has 1 nitrogen and oxygen atoms in total. The minimum atomic E-state index is 0.415. The van der Waals surface area contributed by atoms with Gasteiger partial charge in [-0.15, -0.1) is 0 Å². The fraction of sp³-hybridized carbons (Fsp3) is 1.00. The Kier molecular flexibility index (Phi) is 4.44. The minimum Gasteiger partial charge on any atom is -0.305 e. The van der Waals surface area contributed by atoms with E-state index >= 15 is 0 Å². The third-order valence-electron chi connectivity index (χ3n) is 2.40. The zero-order chi connectivity index (χ0) is 10.7. The molecule has 0 rings (SSSR count). The summed E-state index contributed by atoms with van der Waals surface area (Å²) in [7, 11) is 2.22. The summed E-state index contributed by atoms with van der Waals surface area (Å²) >= 11 is 0. The van der Waals surface area contributed by atoms with E-state index in [9.17, 15) is 0 Å². The van der Waals surface area contributed by atoms with Crippen LogP contribution in [0.5, 0.6) is 0 Å². The maximum absolute atomic E-state index is 2.45. The number of rotatable bonds is 4. The van der Waals surface area contributed by atoms with E-state index < -0.39 is 0 Å². The molecule has 0 heterocycles. The van der Waals surface area contributed by atoms with Crippen LogP contribution in [-0.2, 0) is 0 Å². The monoisotopic (exact) mass is 185 g/mol. The van der Waals surface area contributed by atoms with Crippen LogP contribution in [-0.4, -0.2) is 25.0 Å². The first-order valence-electron chi connectivity index (χ1n) is 5.35. The van der Waals surface area contributed by atoms with Crippen LogP contribution in [0.3, 0.4) is 0 Å². The molecule has 0 bridgehead atoms. The topological polar surface area (TPSA) is 3.24 Å². The van der Waals surface area contributed by atoms with Crippen molar-refractivity contribution in [3.8, 4) is 0 Å². The molecular weight excluding hydrogens is 158 g/mol. The van der Waals surface area contributed by atoms with Crippen LogP contribution in [0.2, 0.25) is 0 Å². The number of nitrogens with zero attached hydrogens (tertiary/aromatic N) is 1. The highest BCUT2D eigenvalue weighted by Crippen LogP contribution is 2.22. The van der Waals surface area contributed by atoms with Crippen molar-refractivity contribution in [3.05, 3.63) is 0 Å². The van der Waals surface area contributed by atoms with Gasteiger partial charge in [0.05, 0.1) is 0 Å². The summed E-state index contributed by atoms with van der Waals surface area (Å²) in [4.78, 5) is 2.45. The number of hydrogen-bond donors (Lipinski definition) is 0. The molecule has 0 atom stereocenters. The summed E-state index contributed by atoms with van der Waals surface area (Å²) in [6, 6.07) is 0. The average Bonchev–Trinajstić information content (AvgIpc) is 1.81. The molecule has 0 aromatic heterocycles. The molecule has 0 amide bonds. The molecule has 80 valence electrons. The van der Waals surface area contributed by atoms with Crippen LogP contribution in [0, 0.1) is 10.8 Å². The summed E-state index contributed by atoms with van der Waals surface area (Å²) in [5, 5.41) is 0. The highest BCUT2D eigenvalue weighted by Gasteiger charge is 2.20. The molecule has 0 aliphatic heterocycles. The molecule has 0 fully saturated rings. The van der Waals surface area contributed by atoms with Crippen LogP contribution >= 0.6 is 0 Å². The van der Waals surface area contributed by atoms with Gasteiger partial charge in [-0.1, -0.05) is 41.5 Å². The van der Waals surface area contributed by atoms with E-state index in [1.165, 1.54) is 19.5 Å². The molecule has 0 spiro atoms.